The highest BCUT2D eigenvalue weighted by molar-refractivity contribution is 7.87. The van der Waals surface area contributed by atoms with E-state index in [1.165, 1.54) is 25.1 Å². The molecule has 1 heterocycles. The Morgan fingerprint density at radius 3 is 2.62 bits per heavy atom. The van der Waals surface area contributed by atoms with E-state index in [0.717, 1.165) is 35.6 Å². The first-order valence-electron chi connectivity index (χ1n) is 11.7. The van der Waals surface area contributed by atoms with Crippen LogP contribution in [0.4, 0.5) is 9.18 Å². The number of hydrogen-bond donors (Lipinski definition) is 2. The largest absolute Gasteiger partial charge is 0.453 e. The summed E-state index contributed by atoms with van der Waals surface area (Å²) < 4.78 is 53.8. The van der Waals surface area contributed by atoms with Gasteiger partial charge in [-0.1, -0.05) is 12.1 Å². The lowest BCUT2D eigenvalue weighted by atomic mass is 9.82. The summed E-state index contributed by atoms with van der Waals surface area (Å²) in [6.07, 6.45) is 3.22. The van der Waals surface area contributed by atoms with E-state index in [1.807, 2.05) is 13.0 Å². The number of hydrogen-bond acceptors (Lipinski definition) is 6. The predicted octanol–water partition coefficient (Wildman–Crippen LogP) is 2.22. The van der Waals surface area contributed by atoms with Crippen molar-refractivity contribution in [3.63, 3.8) is 0 Å². The van der Waals surface area contributed by atoms with E-state index in [2.05, 4.69) is 4.72 Å². The number of aliphatic hydroxyl groups is 1. The number of carbonyl (C=O) groups excluding carboxylic acids is 1. The van der Waals surface area contributed by atoms with Crippen LogP contribution in [-0.4, -0.2) is 87.0 Å². The number of aliphatic hydroxyl groups excluding tert-OH is 1. The van der Waals surface area contributed by atoms with Gasteiger partial charge in [-0.2, -0.15) is 17.4 Å². The number of methoxy groups -OCH3 is 1. The fraction of sp³-hybridized carbons (Fsp3) is 0.696. The van der Waals surface area contributed by atoms with Crippen molar-refractivity contribution in [2.24, 2.45) is 0 Å². The molecule has 0 spiro atoms. The highest BCUT2D eigenvalue weighted by Crippen LogP contribution is 2.35. The number of amides is 1. The molecule has 1 aliphatic carbocycles. The van der Waals surface area contributed by atoms with E-state index in [4.69, 9.17) is 14.6 Å². The molecule has 1 saturated carbocycles. The third kappa shape index (κ3) is 6.45. The van der Waals surface area contributed by atoms with Gasteiger partial charge in [0.25, 0.3) is 10.2 Å². The monoisotopic (exact) mass is 501 g/mol. The van der Waals surface area contributed by atoms with Crippen molar-refractivity contribution in [1.82, 2.24) is 13.9 Å². The third-order valence-electron chi connectivity index (χ3n) is 6.90. The molecular weight excluding hydrogens is 465 g/mol. The lowest BCUT2D eigenvalue weighted by Crippen LogP contribution is -2.53. The smallest absolute Gasteiger partial charge is 0.410 e. The normalized spacial score (nSPS) is 27.8. The lowest BCUT2D eigenvalue weighted by molar-refractivity contribution is -0.00867. The van der Waals surface area contributed by atoms with Crippen LogP contribution in [0, 0.1) is 5.82 Å². The zero-order valence-electron chi connectivity index (χ0n) is 20.0. The van der Waals surface area contributed by atoms with Crippen LogP contribution in [0.2, 0.25) is 0 Å². The molecule has 0 bridgehead atoms. The van der Waals surface area contributed by atoms with Crippen LogP contribution >= 0.6 is 0 Å². The van der Waals surface area contributed by atoms with Gasteiger partial charge in [-0.25, -0.2) is 9.18 Å². The number of halogens is 1. The van der Waals surface area contributed by atoms with Crippen molar-refractivity contribution in [2.45, 2.75) is 69.2 Å². The van der Waals surface area contributed by atoms with Gasteiger partial charge in [0.15, 0.2) is 0 Å². The molecule has 0 aromatic heterocycles. The second kappa shape index (κ2) is 11.8. The van der Waals surface area contributed by atoms with E-state index in [-0.39, 0.29) is 43.6 Å². The van der Waals surface area contributed by atoms with Gasteiger partial charge in [-0.15, -0.1) is 0 Å². The molecule has 1 aliphatic heterocycles. The molecule has 1 aromatic rings. The fourth-order valence-corrected chi connectivity index (χ4v) is 6.14. The van der Waals surface area contributed by atoms with E-state index in [9.17, 15) is 17.6 Å². The average molecular weight is 502 g/mol. The molecule has 3 rings (SSSR count). The van der Waals surface area contributed by atoms with Gasteiger partial charge >= 0.3 is 6.09 Å². The van der Waals surface area contributed by atoms with E-state index in [1.54, 1.807) is 12.1 Å². The van der Waals surface area contributed by atoms with E-state index in [0.29, 0.717) is 6.42 Å². The number of likely N-dealkylation sites (N-methyl/N-ethyl adjacent to an activating group) is 1. The van der Waals surface area contributed by atoms with Crippen LogP contribution in [0.3, 0.4) is 0 Å². The van der Waals surface area contributed by atoms with Crippen molar-refractivity contribution >= 4 is 16.3 Å². The maximum absolute atomic E-state index is 13.6. The number of rotatable bonds is 9. The first-order valence-corrected chi connectivity index (χ1v) is 13.2. The highest BCUT2D eigenvalue weighted by atomic mass is 32.2. The van der Waals surface area contributed by atoms with Crippen molar-refractivity contribution < 1.29 is 32.2 Å². The molecule has 11 heteroatoms. The fourth-order valence-electron chi connectivity index (χ4n) is 5.00. The minimum atomic E-state index is -3.84. The summed E-state index contributed by atoms with van der Waals surface area (Å²) in [5, 5.41) is 9.09. The van der Waals surface area contributed by atoms with Crippen LogP contribution in [0.5, 0.6) is 0 Å². The second-order valence-electron chi connectivity index (χ2n) is 9.17. The minimum absolute atomic E-state index is 0.0190. The standard InChI is InChI=1S/C23H36FN3O6S/c1-16-13-21(25-34(30,31)26(2)11-12-28)22(27(16)23(29)32-3)15-33-20-9-7-17(8-10-20)18-5-4-6-19(24)14-18/h4-6,14,16-17,20-22,25,28H,7-13,15H2,1-3H3/t16-,17?,20?,21+,22+/m1/s1. The van der Waals surface area contributed by atoms with E-state index >= 15 is 0 Å². The molecule has 2 N–H and O–H groups in total. The third-order valence-corrected chi connectivity index (χ3v) is 8.50. The van der Waals surface area contributed by atoms with Crippen molar-refractivity contribution in [2.75, 3.05) is 33.9 Å². The Morgan fingerprint density at radius 2 is 2.00 bits per heavy atom. The zero-order chi connectivity index (χ0) is 24.9. The van der Waals surface area contributed by atoms with Crippen LogP contribution in [-0.2, 0) is 19.7 Å². The molecule has 0 radical (unpaired) electrons. The van der Waals surface area contributed by atoms with Crippen LogP contribution < -0.4 is 4.72 Å². The van der Waals surface area contributed by atoms with Crippen molar-refractivity contribution in [3.05, 3.63) is 35.6 Å². The van der Waals surface area contributed by atoms with Gasteiger partial charge in [0.1, 0.15) is 5.82 Å². The van der Waals surface area contributed by atoms with Gasteiger partial charge in [0, 0.05) is 25.7 Å². The van der Waals surface area contributed by atoms with Crippen molar-refractivity contribution in [1.29, 1.82) is 0 Å². The first kappa shape index (κ1) is 26.8. The van der Waals surface area contributed by atoms with Gasteiger partial charge < -0.3 is 14.6 Å². The molecule has 192 valence electrons. The Bertz CT molecular complexity index is 925. The Kier molecular flexibility index (Phi) is 9.27. The molecule has 9 nitrogen and oxygen atoms in total. The molecule has 1 aromatic carbocycles. The summed E-state index contributed by atoms with van der Waals surface area (Å²) >= 11 is 0. The summed E-state index contributed by atoms with van der Waals surface area (Å²) in [7, 11) is -1.16. The maximum atomic E-state index is 13.6. The van der Waals surface area contributed by atoms with Gasteiger partial charge in [-0.05, 0) is 62.6 Å². The highest BCUT2D eigenvalue weighted by Gasteiger charge is 2.45. The number of ether oxygens (including phenoxy) is 2. The van der Waals surface area contributed by atoms with Crippen molar-refractivity contribution in [3.8, 4) is 0 Å². The summed E-state index contributed by atoms with van der Waals surface area (Å²) in [6, 6.07) is 5.40. The molecule has 2 aliphatic rings. The summed E-state index contributed by atoms with van der Waals surface area (Å²) in [5.74, 6) is 0.0579. The Morgan fingerprint density at radius 1 is 1.29 bits per heavy atom. The zero-order valence-corrected chi connectivity index (χ0v) is 20.8. The quantitative estimate of drug-likeness (QED) is 0.537. The molecule has 34 heavy (non-hydrogen) atoms. The van der Waals surface area contributed by atoms with Crippen LogP contribution in [0.25, 0.3) is 0 Å². The van der Waals surface area contributed by atoms with Gasteiger partial charge in [-0.3, -0.25) is 4.90 Å². The molecular formula is C23H36FN3O6S. The minimum Gasteiger partial charge on any atom is -0.453 e. The maximum Gasteiger partial charge on any atom is 0.410 e. The molecule has 3 atom stereocenters. The number of benzene rings is 1. The summed E-state index contributed by atoms with van der Waals surface area (Å²) in [6.45, 7) is 1.69. The Balaban J connectivity index is 1.63. The molecule has 1 saturated heterocycles. The molecule has 1 amide bonds. The predicted molar refractivity (Wildman–Crippen MR) is 125 cm³/mol. The Labute approximate surface area is 201 Å². The summed E-state index contributed by atoms with van der Waals surface area (Å²) in [4.78, 5) is 14.0. The first-order chi connectivity index (χ1) is 16.2. The summed E-state index contributed by atoms with van der Waals surface area (Å²) in [5.41, 5.74) is 1.00. The Hall–Kier alpha value is -1.79. The average Bonchev–Trinajstić information content (AvgIpc) is 3.11. The van der Waals surface area contributed by atoms with Crippen LogP contribution in [0.15, 0.2) is 24.3 Å². The number of nitrogens with zero attached hydrogens (tertiary/aromatic N) is 2. The molecule has 2 fully saturated rings. The SMILES string of the molecule is COC(=O)N1[C@H](C)C[C@H](NS(=O)(=O)N(C)CCO)[C@@H]1COC1CCC(c2cccc(F)c2)CC1. The van der Waals surface area contributed by atoms with E-state index < -0.39 is 28.4 Å². The lowest BCUT2D eigenvalue weighted by Gasteiger charge is -2.33. The van der Waals surface area contributed by atoms with Gasteiger partial charge in [0.2, 0.25) is 0 Å². The number of carbonyl (C=O) groups is 1. The molecule has 0 unspecified atom stereocenters. The van der Waals surface area contributed by atoms with Gasteiger partial charge in [0.05, 0.1) is 32.5 Å². The van der Waals surface area contributed by atoms with Crippen LogP contribution in [0.1, 0.15) is 50.5 Å². The number of nitrogens with one attached hydrogen (secondary N) is 1. The second-order valence-corrected chi connectivity index (χ2v) is 11.0. The number of likely N-dealkylation sites (tertiary alicyclic amines) is 1. The topological polar surface area (TPSA) is 108 Å².